The summed E-state index contributed by atoms with van der Waals surface area (Å²) >= 11 is 0. The first kappa shape index (κ1) is 14.2. The Labute approximate surface area is 123 Å². The van der Waals surface area contributed by atoms with E-state index in [0.717, 1.165) is 18.4 Å². The zero-order valence-electron chi connectivity index (χ0n) is 11.8. The molecule has 6 nitrogen and oxygen atoms in total. The molecule has 0 aliphatic carbocycles. The molecule has 0 bridgehead atoms. The SMILES string of the molecule is CS(=O)(=O)N1CCC(c2noc(-c3ccccc3)n2)CC1. The summed E-state index contributed by atoms with van der Waals surface area (Å²) in [4.78, 5) is 4.45. The van der Waals surface area contributed by atoms with E-state index in [4.69, 9.17) is 4.52 Å². The number of benzene rings is 1. The van der Waals surface area contributed by atoms with Crippen LogP contribution >= 0.6 is 0 Å². The Balaban J connectivity index is 1.71. The molecule has 0 unspecified atom stereocenters. The van der Waals surface area contributed by atoms with Crippen LogP contribution in [0.5, 0.6) is 0 Å². The van der Waals surface area contributed by atoms with Gasteiger partial charge in [-0.1, -0.05) is 23.4 Å². The molecule has 1 aliphatic heterocycles. The third kappa shape index (κ3) is 3.14. The van der Waals surface area contributed by atoms with Gasteiger partial charge < -0.3 is 4.52 Å². The minimum Gasteiger partial charge on any atom is -0.334 e. The van der Waals surface area contributed by atoms with Crippen molar-refractivity contribution in [1.82, 2.24) is 14.4 Å². The number of nitrogens with zero attached hydrogens (tertiary/aromatic N) is 3. The van der Waals surface area contributed by atoms with Crippen LogP contribution in [0.1, 0.15) is 24.6 Å². The summed E-state index contributed by atoms with van der Waals surface area (Å²) in [5.74, 6) is 1.34. The lowest BCUT2D eigenvalue weighted by Gasteiger charge is -2.28. The molecule has 0 radical (unpaired) electrons. The van der Waals surface area contributed by atoms with Crippen molar-refractivity contribution >= 4 is 10.0 Å². The number of rotatable bonds is 3. The summed E-state index contributed by atoms with van der Waals surface area (Å²) in [7, 11) is -3.10. The first-order chi connectivity index (χ1) is 10.0. The van der Waals surface area contributed by atoms with Gasteiger partial charge >= 0.3 is 0 Å². The van der Waals surface area contributed by atoms with Crippen LogP contribution in [0.15, 0.2) is 34.9 Å². The number of aromatic nitrogens is 2. The molecule has 0 atom stereocenters. The Hall–Kier alpha value is -1.73. The van der Waals surface area contributed by atoms with E-state index >= 15 is 0 Å². The molecule has 1 aromatic carbocycles. The highest BCUT2D eigenvalue weighted by atomic mass is 32.2. The Morgan fingerprint density at radius 2 is 1.86 bits per heavy atom. The fourth-order valence-electron chi connectivity index (χ4n) is 2.54. The van der Waals surface area contributed by atoms with Crippen LogP contribution in [-0.4, -0.2) is 42.2 Å². The summed E-state index contributed by atoms with van der Waals surface area (Å²) in [6.07, 6.45) is 2.69. The molecule has 21 heavy (non-hydrogen) atoms. The van der Waals surface area contributed by atoms with Crippen molar-refractivity contribution in [2.24, 2.45) is 0 Å². The number of sulfonamides is 1. The second kappa shape index (κ2) is 5.57. The van der Waals surface area contributed by atoms with Crippen molar-refractivity contribution in [2.75, 3.05) is 19.3 Å². The lowest BCUT2D eigenvalue weighted by Crippen LogP contribution is -2.37. The largest absolute Gasteiger partial charge is 0.334 e. The van der Waals surface area contributed by atoms with Gasteiger partial charge in [-0.2, -0.15) is 4.98 Å². The summed E-state index contributed by atoms with van der Waals surface area (Å²) < 4.78 is 29.8. The smallest absolute Gasteiger partial charge is 0.257 e. The van der Waals surface area contributed by atoms with Gasteiger partial charge in [-0.25, -0.2) is 12.7 Å². The highest BCUT2D eigenvalue weighted by Gasteiger charge is 2.28. The Kier molecular flexibility index (Phi) is 3.77. The van der Waals surface area contributed by atoms with E-state index in [0.29, 0.717) is 24.8 Å². The molecule has 0 N–H and O–H groups in total. The average molecular weight is 307 g/mol. The number of piperidine rings is 1. The van der Waals surface area contributed by atoms with Crippen LogP contribution in [0.4, 0.5) is 0 Å². The van der Waals surface area contributed by atoms with Gasteiger partial charge in [-0.15, -0.1) is 0 Å². The molecule has 1 aromatic heterocycles. The van der Waals surface area contributed by atoms with Crippen molar-refractivity contribution in [3.63, 3.8) is 0 Å². The van der Waals surface area contributed by atoms with E-state index in [1.54, 1.807) is 0 Å². The van der Waals surface area contributed by atoms with Crippen LogP contribution in [0.25, 0.3) is 11.5 Å². The standard InChI is InChI=1S/C14H17N3O3S/c1-21(18,19)17-9-7-11(8-10-17)13-15-14(20-16-13)12-5-3-2-4-6-12/h2-6,11H,7-10H2,1H3. The van der Waals surface area contributed by atoms with E-state index in [2.05, 4.69) is 10.1 Å². The molecular weight excluding hydrogens is 290 g/mol. The van der Waals surface area contributed by atoms with Gasteiger partial charge in [-0.05, 0) is 25.0 Å². The second-order valence-corrected chi connectivity index (χ2v) is 7.24. The summed E-state index contributed by atoms with van der Waals surface area (Å²) in [6.45, 7) is 1.03. The van der Waals surface area contributed by atoms with Crippen LogP contribution in [-0.2, 0) is 10.0 Å². The average Bonchev–Trinajstić information content (AvgIpc) is 2.97. The molecule has 2 aromatic rings. The van der Waals surface area contributed by atoms with Gasteiger partial charge in [0.2, 0.25) is 10.0 Å². The van der Waals surface area contributed by atoms with E-state index < -0.39 is 10.0 Å². The predicted molar refractivity (Wildman–Crippen MR) is 78.1 cm³/mol. The van der Waals surface area contributed by atoms with Crippen LogP contribution in [0, 0.1) is 0 Å². The van der Waals surface area contributed by atoms with Crippen LogP contribution < -0.4 is 0 Å². The molecule has 1 aliphatic rings. The van der Waals surface area contributed by atoms with E-state index in [-0.39, 0.29) is 5.92 Å². The molecule has 112 valence electrons. The summed E-state index contributed by atoms with van der Waals surface area (Å²) in [5, 5.41) is 4.05. The van der Waals surface area contributed by atoms with Gasteiger partial charge in [0, 0.05) is 24.6 Å². The molecule has 3 rings (SSSR count). The lowest BCUT2D eigenvalue weighted by molar-refractivity contribution is 0.308. The highest BCUT2D eigenvalue weighted by molar-refractivity contribution is 7.88. The van der Waals surface area contributed by atoms with Crippen molar-refractivity contribution in [1.29, 1.82) is 0 Å². The molecule has 1 saturated heterocycles. The molecule has 0 amide bonds. The van der Waals surface area contributed by atoms with Gasteiger partial charge in [0.1, 0.15) is 0 Å². The maximum atomic E-state index is 11.5. The van der Waals surface area contributed by atoms with E-state index in [1.807, 2.05) is 30.3 Å². The van der Waals surface area contributed by atoms with Crippen LogP contribution in [0.3, 0.4) is 0 Å². The Morgan fingerprint density at radius 3 is 2.48 bits per heavy atom. The predicted octanol–water partition coefficient (Wildman–Crippen LogP) is 1.88. The first-order valence-electron chi connectivity index (χ1n) is 6.88. The van der Waals surface area contributed by atoms with Gasteiger partial charge in [-0.3, -0.25) is 0 Å². The topological polar surface area (TPSA) is 76.3 Å². The zero-order chi connectivity index (χ0) is 14.9. The third-order valence-electron chi connectivity index (χ3n) is 3.75. The molecule has 2 heterocycles. The fraction of sp³-hybridized carbons (Fsp3) is 0.429. The molecule has 1 fully saturated rings. The fourth-order valence-corrected chi connectivity index (χ4v) is 3.42. The Morgan fingerprint density at radius 1 is 1.19 bits per heavy atom. The molecule has 7 heteroatoms. The minimum atomic E-state index is -3.10. The minimum absolute atomic E-state index is 0.157. The lowest BCUT2D eigenvalue weighted by atomic mass is 9.97. The maximum absolute atomic E-state index is 11.5. The third-order valence-corrected chi connectivity index (χ3v) is 5.05. The zero-order valence-corrected chi connectivity index (χ0v) is 12.6. The normalized spacial score (nSPS) is 18.0. The molecule has 0 spiro atoms. The molecule has 0 saturated carbocycles. The molecular formula is C14H17N3O3S. The van der Waals surface area contributed by atoms with Gasteiger partial charge in [0.05, 0.1) is 6.26 Å². The maximum Gasteiger partial charge on any atom is 0.257 e. The van der Waals surface area contributed by atoms with Crippen molar-refractivity contribution in [2.45, 2.75) is 18.8 Å². The van der Waals surface area contributed by atoms with E-state index in [1.165, 1.54) is 10.6 Å². The van der Waals surface area contributed by atoms with Gasteiger partial charge in [0.15, 0.2) is 5.82 Å². The quantitative estimate of drug-likeness (QED) is 0.865. The summed E-state index contributed by atoms with van der Waals surface area (Å²) in [6, 6.07) is 9.61. The van der Waals surface area contributed by atoms with E-state index in [9.17, 15) is 8.42 Å². The van der Waals surface area contributed by atoms with Crippen molar-refractivity contribution in [3.8, 4) is 11.5 Å². The highest BCUT2D eigenvalue weighted by Crippen LogP contribution is 2.28. The summed E-state index contributed by atoms with van der Waals surface area (Å²) in [5.41, 5.74) is 0.893. The second-order valence-electron chi connectivity index (χ2n) is 5.26. The Bertz CT molecular complexity index is 704. The van der Waals surface area contributed by atoms with Crippen LogP contribution in [0.2, 0.25) is 0 Å². The number of hydrogen-bond donors (Lipinski definition) is 0. The van der Waals surface area contributed by atoms with Gasteiger partial charge in [0.25, 0.3) is 5.89 Å². The number of hydrogen-bond acceptors (Lipinski definition) is 5. The monoisotopic (exact) mass is 307 g/mol. The first-order valence-corrected chi connectivity index (χ1v) is 8.73. The van der Waals surface area contributed by atoms with Crippen molar-refractivity contribution < 1.29 is 12.9 Å². The van der Waals surface area contributed by atoms with Crippen molar-refractivity contribution in [3.05, 3.63) is 36.2 Å².